The molecule has 0 bridgehead atoms. The van der Waals surface area contributed by atoms with E-state index in [0.717, 1.165) is 5.69 Å². The van der Waals surface area contributed by atoms with Gasteiger partial charge in [-0.25, -0.2) is 0 Å². The molecule has 1 aliphatic heterocycles. The highest BCUT2D eigenvalue weighted by Gasteiger charge is 2.12. The van der Waals surface area contributed by atoms with Crippen LogP contribution in [0.15, 0.2) is 35.1 Å². The first-order valence-corrected chi connectivity index (χ1v) is 6.61. The lowest BCUT2D eigenvalue weighted by Crippen LogP contribution is -2.27. The Kier molecular flexibility index (Phi) is 4.02. The van der Waals surface area contributed by atoms with Gasteiger partial charge >= 0.3 is 0 Å². The fourth-order valence-corrected chi connectivity index (χ4v) is 1.96. The summed E-state index contributed by atoms with van der Waals surface area (Å²) in [4.78, 5) is 11.8. The number of ether oxygens (including phenoxy) is 2. The lowest BCUT2D eigenvalue weighted by atomic mass is 10.2. The highest BCUT2D eigenvalue weighted by Crippen LogP contribution is 2.32. The first-order chi connectivity index (χ1) is 10.3. The molecule has 1 aromatic heterocycles. The van der Waals surface area contributed by atoms with Crippen LogP contribution in [0.25, 0.3) is 0 Å². The maximum atomic E-state index is 11.8. The molecule has 110 valence electrons. The van der Waals surface area contributed by atoms with Gasteiger partial charge in [0.1, 0.15) is 19.5 Å². The van der Waals surface area contributed by atoms with E-state index in [2.05, 4.69) is 15.8 Å². The minimum atomic E-state index is -0.143. The molecule has 7 heteroatoms. The normalized spacial score (nSPS) is 13.0. The van der Waals surface area contributed by atoms with E-state index in [9.17, 15) is 4.79 Å². The van der Waals surface area contributed by atoms with Crippen LogP contribution >= 0.6 is 0 Å². The Bertz CT molecular complexity index is 613. The number of fused-ring (bicyclic) bond motifs is 1. The SMILES string of the molecule is O=C(CNCc1ccon1)Nc1ccc2c(c1)OCCO2. The minimum absolute atomic E-state index is 0.143. The van der Waals surface area contributed by atoms with Crippen molar-refractivity contribution in [2.24, 2.45) is 0 Å². The Morgan fingerprint density at radius 2 is 2.05 bits per heavy atom. The zero-order valence-electron chi connectivity index (χ0n) is 11.3. The van der Waals surface area contributed by atoms with Crippen LogP contribution in [-0.2, 0) is 11.3 Å². The van der Waals surface area contributed by atoms with E-state index >= 15 is 0 Å². The third kappa shape index (κ3) is 3.51. The van der Waals surface area contributed by atoms with Crippen molar-refractivity contribution in [2.75, 3.05) is 25.1 Å². The Hall–Kier alpha value is -2.54. The van der Waals surface area contributed by atoms with Gasteiger partial charge in [-0.15, -0.1) is 0 Å². The number of aromatic nitrogens is 1. The lowest BCUT2D eigenvalue weighted by molar-refractivity contribution is -0.115. The summed E-state index contributed by atoms with van der Waals surface area (Å²) < 4.78 is 15.6. The van der Waals surface area contributed by atoms with Gasteiger partial charge < -0.3 is 24.6 Å². The van der Waals surface area contributed by atoms with Gasteiger partial charge in [-0.3, -0.25) is 4.79 Å². The summed E-state index contributed by atoms with van der Waals surface area (Å²) in [6.07, 6.45) is 1.49. The smallest absolute Gasteiger partial charge is 0.238 e. The van der Waals surface area contributed by atoms with Gasteiger partial charge in [0.15, 0.2) is 11.5 Å². The molecular weight excluding hydrogens is 274 g/mol. The molecule has 0 aliphatic carbocycles. The predicted octanol–water partition coefficient (Wildman–Crippen LogP) is 1.17. The Morgan fingerprint density at radius 3 is 2.86 bits per heavy atom. The van der Waals surface area contributed by atoms with Crippen molar-refractivity contribution in [3.8, 4) is 11.5 Å². The largest absolute Gasteiger partial charge is 0.486 e. The number of carbonyl (C=O) groups excluding carboxylic acids is 1. The van der Waals surface area contributed by atoms with Crippen molar-refractivity contribution in [3.63, 3.8) is 0 Å². The highest BCUT2D eigenvalue weighted by atomic mass is 16.6. The minimum Gasteiger partial charge on any atom is -0.486 e. The molecule has 21 heavy (non-hydrogen) atoms. The summed E-state index contributed by atoms with van der Waals surface area (Å²) in [6, 6.07) is 7.06. The Morgan fingerprint density at radius 1 is 1.19 bits per heavy atom. The van der Waals surface area contributed by atoms with Crippen LogP contribution in [0.2, 0.25) is 0 Å². The molecule has 2 aromatic rings. The molecule has 0 unspecified atom stereocenters. The first kappa shape index (κ1) is 13.4. The second kappa shape index (κ2) is 6.27. The van der Waals surface area contributed by atoms with Crippen molar-refractivity contribution < 1.29 is 18.8 Å². The van der Waals surface area contributed by atoms with Gasteiger partial charge in [0.05, 0.1) is 12.2 Å². The van der Waals surface area contributed by atoms with Gasteiger partial charge in [-0.05, 0) is 12.1 Å². The van der Waals surface area contributed by atoms with Crippen LogP contribution in [0, 0.1) is 0 Å². The number of benzene rings is 1. The number of rotatable bonds is 5. The number of hydrogen-bond donors (Lipinski definition) is 2. The average molecular weight is 289 g/mol. The monoisotopic (exact) mass is 289 g/mol. The van der Waals surface area contributed by atoms with E-state index in [0.29, 0.717) is 36.9 Å². The second-order valence-electron chi connectivity index (χ2n) is 4.50. The third-order valence-corrected chi connectivity index (χ3v) is 2.91. The molecule has 0 saturated heterocycles. The summed E-state index contributed by atoms with van der Waals surface area (Å²) in [7, 11) is 0. The number of hydrogen-bond acceptors (Lipinski definition) is 6. The number of nitrogens with one attached hydrogen (secondary N) is 2. The topological polar surface area (TPSA) is 85.6 Å². The van der Waals surface area contributed by atoms with Gasteiger partial charge in [-0.1, -0.05) is 5.16 Å². The summed E-state index contributed by atoms with van der Waals surface area (Å²) in [5, 5.41) is 9.52. The van der Waals surface area contributed by atoms with Crippen LogP contribution < -0.4 is 20.1 Å². The van der Waals surface area contributed by atoms with E-state index in [-0.39, 0.29) is 12.5 Å². The predicted molar refractivity (Wildman–Crippen MR) is 74.3 cm³/mol. The molecule has 0 atom stereocenters. The summed E-state index contributed by atoms with van der Waals surface area (Å²) in [6.45, 7) is 1.72. The van der Waals surface area contributed by atoms with Gasteiger partial charge in [0, 0.05) is 24.4 Å². The van der Waals surface area contributed by atoms with Crippen LogP contribution in [0.4, 0.5) is 5.69 Å². The van der Waals surface area contributed by atoms with Crippen molar-refractivity contribution >= 4 is 11.6 Å². The molecule has 3 rings (SSSR count). The Balaban J connectivity index is 1.50. The maximum Gasteiger partial charge on any atom is 0.238 e. The summed E-state index contributed by atoms with van der Waals surface area (Å²) in [5.41, 5.74) is 1.43. The van der Waals surface area contributed by atoms with Crippen LogP contribution in [-0.4, -0.2) is 30.8 Å². The lowest BCUT2D eigenvalue weighted by Gasteiger charge is -2.19. The average Bonchev–Trinajstić information content (AvgIpc) is 3.00. The molecule has 1 aromatic carbocycles. The number of nitrogens with zero attached hydrogens (tertiary/aromatic N) is 1. The number of anilines is 1. The zero-order chi connectivity index (χ0) is 14.5. The van der Waals surface area contributed by atoms with Crippen molar-refractivity contribution in [1.29, 1.82) is 0 Å². The van der Waals surface area contributed by atoms with Gasteiger partial charge in [0.2, 0.25) is 5.91 Å². The van der Waals surface area contributed by atoms with Gasteiger partial charge in [0.25, 0.3) is 0 Å². The molecule has 1 aliphatic rings. The van der Waals surface area contributed by atoms with Crippen molar-refractivity contribution in [3.05, 3.63) is 36.2 Å². The second-order valence-corrected chi connectivity index (χ2v) is 4.50. The molecule has 2 heterocycles. The van der Waals surface area contributed by atoms with Gasteiger partial charge in [-0.2, -0.15) is 0 Å². The first-order valence-electron chi connectivity index (χ1n) is 6.61. The summed E-state index contributed by atoms with van der Waals surface area (Å²) in [5.74, 6) is 1.20. The van der Waals surface area contributed by atoms with Crippen molar-refractivity contribution in [2.45, 2.75) is 6.54 Å². The molecule has 7 nitrogen and oxygen atoms in total. The molecule has 0 spiro atoms. The van der Waals surface area contributed by atoms with E-state index < -0.39 is 0 Å². The zero-order valence-corrected chi connectivity index (χ0v) is 11.3. The van der Waals surface area contributed by atoms with E-state index in [1.54, 1.807) is 24.3 Å². The summed E-state index contributed by atoms with van der Waals surface area (Å²) >= 11 is 0. The fraction of sp³-hybridized carbons (Fsp3) is 0.286. The molecule has 0 fully saturated rings. The maximum absolute atomic E-state index is 11.8. The van der Waals surface area contributed by atoms with E-state index in [1.807, 2.05) is 0 Å². The van der Waals surface area contributed by atoms with E-state index in [1.165, 1.54) is 6.26 Å². The van der Waals surface area contributed by atoms with E-state index in [4.69, 9.17) is 14.0 Å². The number of carbonyl (C=O) groups is 1. The van der Waals surface area contributed by atoms with Crippen LogP contribution in [0.5, 0.6) is 11.5 Å². The molecule has 0 saturated carbocycles. The molecule has 2 N–H and O–H groups in total. The highest BCUT2D eigenvalue weighted by molar-refractivity contribution is 5.92. The molecule has 1 amide bonds. The number of amides is 1. The van der Waals surface area contributed by atoms with Crippen LogP contribution in [0.1, 0.15) is 5.69 Å². The molecular formula is C14H15N3O4. The third-order valence-electron chi connectivity index (χ3n) is 2.91. The fourth-order valence-electron chi connectivity index (χ4n) is 1.96. The standard InChI is InChI=1S/C14H15N3O4/c18-14(9-15-8-11-3-4-21-17-11)16-10-1-2-12-13(7-10)20-6-5-19-12/h1-4,7,15H,5-6,8-9H2,(H,16,18). The quantitative estimate of drug-likeness (QED) is 0.859. The van der Waals surface area contributed by atoms with Crippen LogP contribution in [0.3, 0.4) is 0 Å². The van der Waals surface area contributed by atoms with Crippen molar-refractivity contribution in [1.82, 2.24) is 10.5 Å². The Labute approximate surface area is 121 Å². The molecule has 0 radical (unpaired) electrons.